The molecule has 0 radical (unpaired) electrons. The van der Waals surface area contributed by atoms with Crippen molar-refractivity contribution in [3.05, 3.63) is 11.5 Å². The van der Waals surface area contributed by atoms with Crippen molar-refractivity contribution < 1.29 is 4.79 Å². The highest BCUT2D eigenvalue weighted by molar-refractivity contribution is 5.76. The Morgan fingerprint density at radius 2 is 2.47 bits per heavy atom. The molecule has 1 aliphatic heterocycles. The van der Waals surface area contributed by atoms with E-state index in [0.29, 0.717) is 11.5 Å². The summed E-state index contributed by atoms with van der Waals surface area (Å²) in [6.45, 7) is 3.23. The number of H-pyrrole nitrogens is 1. The predicted molar refractivity (Wildman–Crippen MR) is 54.1 cm³/mol. The van der Waals surface area contributed by atoms with Crippen LogP contribution in [0.5, 0.6) is 0 Å². The molecule has 1 aromatic rings. The van der Waals surface area contributed by atoms with Gasteiger partial charge >= 0.3 is 0 Å². The second kappa shape index (κ2) is 3.35. The number of nitrogens with two attached hydrogens (primary N) is 1. The maximum absolute atomic E-state index is 10.9. The molecule has 15 heavy (non-hydrogen) atoms. The van der Waals surface area contributed by atoms with Crippen molar-refractivity contribution in [1.29, 1.82) is 0 Å². The lowest BCUT2D eigenvalue weighted by Gasteiger charge is -2.27. The van der Waals surface area contributed by atoms with E-state index in [1.54, 1.807) is 0 Å². The van der Waals surface area contributed by atoms with Gasteiger partial charge in [0.15, 0.2) is 5.82 Å². The number of carbonyl (C=O) groups excluding carboxylic acids is 1. The summed E-state index contributed by atoms with van der Waals surface area (Å²) in [6, 6.07) is 0. The van der Waals surface area contributed by atoms with Gasteiger partial charge in [-0.25, -0.2) is 9.98 Å². The number of hydrazine groups is 1. The van der Waals surface area contributed by atoms with Gasteiger partial charge in [0, 0.05) is 6.92 Å². The lowest BCUT2D eigenvalue weighted by Crippen LogP contribution is -2.47. The van der Waals surface area contributed by atoms with Crippen LogP contribution in [0.15, 0.2) is 4.99 Å². The number of imidazole rings is 1. The standard InChI is InChI=1S/C8H12N6O/c1-4-11-6-7(9)14(13-5(2)15)3-10-8(6)12-4/h3,7H,9H2,1-2H3,(H,11,12)(H,13,15). The number of carbonyl (C=O) groups is 1. The van der Waals surface area contributed by atoms with E-state index in [2.05, 4.69) is 20.4 Å². The first-order chi connectivity index (χ1) is 7.08. The summed E-state index contributed by atoms with van der Waals surface area (Å²) in [5.41, 5.74) is 9.07. The molecule has 2 rings (SSSR count). The third-order valence-electron chi connectivity index (χ3n) is 2.01. The van der Waals surface area contributed by atoms with Gasteiger partial charge in [0.05, 0.1) is 0 Å². The molecule has 0 saturated heterocycles. The minimum Gasteiger partial charge on any atom is -0.327 e. The van der Waals surface area contributed by atoms with Crippen molar-refractivity contribution in [2.24, 2.45) is 10.7 Å². The number of rotatable bonds is 1. The normalized spacial score (nSPS) is 18.9. The van der Waals surface area contributed by atoms with Crippen LogP contribution < -0.4 is 11.2 Å². The topological polar surface area (TPSA) is 99.4 Å². The van der Waals surface area contributed by atoms with Crippen molar-refractivity contribution in [2.45, 2.75) is 20.0 Å². The molecule has 0 saturated carbocycles. The lowest BCUT2D eigenvalue weighted by molar-refractivity contribution is -0.122. The first kappa shape index (κ1) is 9.66. The van der Waals surface area contributed by atoms with E-state index in [1.807, 2.05) is 6.92 Å². The molecule has 1 aromatic heterocycles. The van der Waals surface area contributed by atoms with Crippen LogP contribution in [0.2, 0.25) is 0 Å². The third-order valence-corrected chi connectivity index (χ3v) is 2.01. The number of amides is 1. The van der Waals surface area contributed by atoms with Gasteiger partial charge in [-0.3, -0.25) is 15.2 Å². The number of nitrogens with one attached hydrogen (secondary N) is 2. The highest BCUT2D eigenvalue weighted by Gasteiger charge is 2.24. The van der Waals surface area contributed by atoms with Gasteiger partial charge in [0.25, 0.3) is 0 Å². The highest BCUT2D eigenvalue weighted by atomic mass is 16.2. The van der Waals surface area contributed by atoms with Gasteiger partial charge < -0.3 is 10.7 Å². The second-order valence-electron chi connectivity index (χ2n) is 3.32. The lowest BCUT2D eigenvalue weighted by atomic mass is 10.3. The molecule has 80 valence electrons. The first-order valence-electron chi connectivity index (χ1n) is 4.50. The molecule has 7 nitrogen and oxygen atoms in total. The van der Waals surface area contributed by atoms with Gasteiger partial charge in [0.2, 0.25) is 5.91 Å². The van der Waals surface area contributed by atoms with E-state index in [1.165, 1.54) is 18.3 Å². The summed E-state index contributed by atoms with van der Waals surface area (Å²) < 4.78 is 0. The fourth-order valence-corrected chi connectivity index (χ4v) is 1.41. The zero-order valence-corrected chi connectivity index (χ0v) is 8.48. The fourth-order valence-electron chi connectivity index (χ4n) is 1.41. The molecule has 4 N–H and O–H groups in total. The van der Waals surface area contributed by atoms with Gasteiger partial charge in [-0.15, -0.1) is 0 Å². The SMILES string of the molecule is CC(=O)NN1C=Nc2[nH]c(C)nc2C1N. The zero-order chi connectivity index (χ0) is 11.0. The first-order valence-corrected chi connectivity index (χ1v) is 4.50. The van der Waals surface area contributed by atoms with Crippen LogP contribution in [-0.4, -0.2) is 27.2 Å². The van der Waals surface area contributed by atoms with E-state index in [4.69, 9.17) is 5.73 Å². The van der Waals surface area contributed by atoms with Crippen LogP contribution in [0.1, 0.15) is 24.6 Å². The number of hydrogen-bond acceptors (Lipinski definition) is 5. The minimum absolute atomic E-state index is 0.201. The average molecular weight is 208 g/mol. The van der Waals surface area contributed by atoms with Crippen LogP contribution in [0, 0.1) is 6.92 Å². The number of aliphatic imine (C=N–C) groups is 1. The molecular weight excluding hydrogens is 196 g/mol. The monoisotopic (exact) mass is 208 g/mol. The maximum Gasteiger partial charge on any atom is 0.235 e. The molecule has 2 heterocycles. The largest absolute Gasteiger partial charge is 0.327 e. The van der Waals surface area contributed by atoms with Crippen LogP contribution >= 0.6 is 0 Å². The molecule has 1 atom stereocenters. The molecular formula is C8H12N6O. The van der Waals surface area contributed by atoms with E-state index >= 15 is 0 Å². The molecule has 0 spiro atoms. The second-order valence-corrected chi connectivity index (χ2v) is 3.32. The number of aromatic nitrogens is 2. The summed E-state index contributed by atoms with van der Waals surface area (Å²) in [5.74, 6) is 1.19. The van der Waals surface area contributed by atoms with Crippen molar-refractivity contribution in [2.75, 3.05) is 0 Å². The van der Waals surface area contributed by atoms with Crippen LogP contribution in [-0.2, 0) is 4.79 Å². The Hall–Kier alpha value is -1.89. The zero-order valence-electron chi connectivity index (χ0n) is 8.48. The Morgan fingerprint density at radius 1 is 1.73 bits per heavy atom. The number of nitrogens with zero attached hydrogens (tertiary/aromatic N) is 3. The summed E-state index contributed by atoms with van der Waals surface area (Å²) in [6.07, 6.45) is 0.956. The predicted octanol–water partition coefficient (Wildman–Crippen LogP) is -0.298. The molecule has 0 aliphatic carbocycles. The molecule has 7 heteroatoms. The van der Waals surface area contributed by atoms with E-state index in [-0.39, 0.29) is 5.91 Å². The summed E-state index contributed by atoms with van der Waals surface area (Å²) in [5, 5.41) is 1.42. The van der Waals surface area contributed by atoms with Crippen molar-refractivity contribution >= 4 is 18.1 Å². The van der Waals surface area contributed by atoms with Crippen LogP contribution in [0.3, 0.4) is 0 Å². The quantitative estimate of drug-likeness (QED) is 0.590. The van der Waals surface area contributed by atoms with Crippen molar-refractivity contribution in [3.8, 4) is 0 Å². The highest BCUT2D eigenvalue weighted by Crippen LogP contribution is 2.25. The molecule has 0 fully saturated rings. The molecule has 1 unspecified atom stereocenters. The fraction of sp³-hybridized carbons (Fsp3) is 0.375. The molecule has 0 aromatic carbocycles. The molecule has 0 bridgehead atoms. The smallest absolute Gasteiger partial charge is 0.235 e. The number of fused-ring (bicyclic) bond motifs is 1. The maximum atomic E-state index is 10.9. The molecule has 1 aliphatic rings. The van der Waals surface area contributed by atoms with Gasteiger partial charge in [-0.1, -0.05) is 0 Å². The van der Waals surface area contributed by atoms with Crippen molar-refractivity contribution in [1.82, 2.24) is 20.4 Å². The Kier molecular flexibility index (Phi) is 2.16. The number of hydrogen-bond donors (Lipinski definition) is 3. The Bertz CT molecular complexity index is 423. The third kappa shape index (κ3) is 1.68. The molecule has 1 amide bonds. The number of aromatic amines is 1. The Labute approximate surface area is 86.4 Å². The van der Waals surface area contributed by atoms with Gasteiger partial charge in [0.1, 0.15) is 24.0 Å². The van der Waals surface area contributed by atoms with Gasteiger partial charge in [-0.05, 0) is 6.92 Å². The van der Waals surface area contributed by atoms with Crippen LogP contribution in [0.25, 0.3) is 0 Å². The van der Waals surface area contributed by atoms with Gasteiger partial charge in [-0.2, -0.15) is 0 Å². The summed E-state index contributed by atoms with van der Waals surface area (Å²) in [4.78, 5) is 22.1. The average Bonchev–Trinajstić information content (AvgIpc) is 2.51. The minimum atomic E-state index is -0.508. The summed E-state index contributed by atoms with van der Waals surface area (Å²) in [7, 11) is 0. The van der Waals surface area contributed by atoms with E-state index < -0.39 is 6.17 Å². The van der Waals surface area contributed by atoms with Crippen LogP contribution in [0.4, 0.5) is 5.82 Å². The number of aryl methyl sites for hydroxylation is 1. The summed E-state index contributed by atoms with van der Waals surface area (Å²) >= 11 is 0. The Balaban J connectivity index is 2.27. The Morgan fingerprint density at radius 3 is 3.13 bits per heavy atom. The van der Waals surface area contributed by atoms with E-state index in [0.717, 1.165) is 5.82 Å². The van der Waals surface area contributed by atoms with E-state index in [9.17, 15) is 4.79 Å². The van der Waals surface area contributed by atoms with Crippen molar-refractivity contribution in [3.63, 3.8) is 0 Å².